The summed E-state index contributed by atoms with van der Waals surface area (Å²) in [4.78, 5) is 15.8. The lowest BCUT2D eigenvalue weighted by Crippen LogP contribution is -2.42. The van der Waals surface area contributed by atoms with Gasteiger partial charge in [-0.2, -0.15) is 0 Å². The van der Waals surface area contributed by atoms with Crippen LogP contribution in [0.25, 0.3) is 0 Å². The Morgan fingerprint density at radius 3 is 2.71 bits per heavy atom. The molecule has 4 nitrogen and oxygen atoms in total. The minimum absolute atomic E-state index is 0.165. The lowest BCUT2D eigenvalue weighted by Gasteiger charge is -2.28. The molecule has 3 aliphatic rings. The number of nitrogens with one attached hydrogen (secondary N) is 1. The Bertz CT molecular complexity index is 347. The lowest BCUT2D eigenvalue weighted by atomic mass is 9.83. The molecule has 94 valence electrons. The van der Waals surface area contributed by atoms with Crippen molar-refractivity contribution in [2.24, 2.45) is 16.8 Å². The quantitative estimate of drug-likeness (QED) is 0.768. The van der Waals surface area contributed by atoms with E-state index in [1.165, 1.54) is 31.5 Å². The number of carboxylic acids is 1. The molecule has 2 saturated carbocycles. The summed E-state index contributed by atoms with van der Waals surface area (Å²) >= 11 is 0. The van der Waals surface area contributed by atoms with E-state index in [2.05, 4.69) is 5.32 Å². The van der Waals surface area contributed by atoms with E-state index >= 15 is 0 Å². The van der Waals surface area contributed by atoms with Crippen LogP contribution in [0.3, 0.4) is 0 Å². The highest BCUT2D eigenvalue weighted by molar-refractivity contribution is 5.87. The Morgan fingerprint density at radius 2 is 2.00 bits per heavy atom. The molecule has 4 heteroatoms. The van der Waals surface area contributed by atoms with Crippen molar-refractivity contribution < 1.29 is 9.90 Å². The first kappa shape index (κ1) is 11.1. The van der Waals surface area contributed by atoms with E-state index < -0.39 is 5.97 Å². The van der Waals surface area contributed by atoms with Crippen molar-refractivity contribution in [1.82, 2.24) is 5.32 Å². The van der Waals surface area contributed by atoms with Crippen LogP contribution < -0.4 is 5.32 Å². The van der Waals surface area contributed by atoms with Crippen molar-refractivity contribution in [3.63, 3.8) is 0 Å². The normalized spacial score (nSPS) is 37.4. The fourth-order valence-electron chi connectivity index (χ4n) is 3.52. The van der Waals surface area contributed by atoms with Gasteiger partial charge < -0.3 is 10.4 Å². The summed E-state index contributed by atoms with van der Waals surface area (Å²) in [5.74, 6) is 1.01. The third-order valence-electron chi connectivity index (χ3n) is 4.54. The number of fused-ring (bicyclic) bond motifs is 1. The number of nitrogens with zero attached hydrogens (tertiary/aromatic N) is 1. The van der Waals surface area contributed by atoms with Crippen molar-refractivity contribution >= 4 is 11.8 Å². The number of aliphatic carboxylic acids is 1. The minimum atomic E-state index is -0.639. The van der Waals surface area contributed by atoms with Gasteiger partial charge in [-0.3, -0.25) is 9.79 Å². The first-order valence-electron chi connectivity index (χ1n) is 6.81. The molecule has 3 rings (SSSR count). The number of carboxylic acid groups (broad SMARTS) is 1. The summed E-state index contributed by atoms with van der Waals surface area (Å²) in [6.07, 6.45) is 7.63. The molecule has 2 fully saturated rings. The highest BCUT2D eigenvalue weighted by Gasteiger charge is 2.39. The second-order valence-corrected chi connectivity index (χ2v) is 5.66. The topological polar surface area (TPSA) is 61.7 Å². The molecule has 3 atom stereocenters. The zero-order valence-corrected chi connectivity index (χ0v) is 10.1. The van der Waals surface area contributed by atoms with Gasteiger partial charge in [-0.05, 0) is 32.1 Å². The summed E-state index contributed by atoms with van der Waals surface area (Å²) in [7, 11) is 0. The third kappa shape index (κ3) is 2.05. The highest BCUT2D eigenvalue weighted by Crippen LogP contribution is 2.33. The van der Waals surface area contributed by atoms with Gasteiger partial charge in [0.25, 0.3) is 0 Å². The highest BCUT2D eigenvalue weighted by atomic mass is 16.4. The summed E-state index contributed by atoms with van der Waals surface area (Å²) in [6, 6.07) is 0.640. The molecule has 1 heterocycles. The Labute approximate surface area is 102 Å². The molecule has 0 aromatic heterocycles. The first-order chi connectivity index (χ1) is 8.24. The molecular weight excluding hydrogens is 216 g/mol. The Morgan fingerprint density at radius 1 is 1.24 bits per heavy atom. The molecule has 2 aliphatic carbocycles. The van der Waals surface area contributed by atoms with Crippen LogP contribution in [-0.4, -0.2) is 29.0 Å². The Hall–Kier alpha value is -1.06. The van der Waals surface area contributed by atoms with Gasteiger partial charge in [0.2, 0.25) is 0 Å². The molecule has 0 saturated heterocycles. The molecule has 0 aromatic carbocycles. The van der Waals surface area contributed by atoms with Gasteiger partial charge in [-0.25, -0.2) is 0 Å². The monoisotopic (exact) mass is 236 g/mol. The second kappa shape index (κ2) is 4.31. The average Bonchev–Trinajstić information content (AvgIpc) is 2.96. The molecule has 0 aromatic rings. The fraction of sp³-hybridized carbons (Fsp3) is 0.846. The van der Waals surface area contributed by atoms with Gasteiger partial charge in [0.1, 0.15) is 5.84 Å². The van der Waals surface area contributed by atoms with Gasteiger partial charge in [-0.1, -0.05) is 12.8 Å². The summed E-state index contributed by atoms with van der Waals surface area (Å²) in [5, 5.41) is 12.6. The van der Waals surface area contributed by atoms with E-state index in [9.17, 15) is 4.79 Å². The number of carbonyl (C=O) groups is 1. The maximum absolute atomic E-state index is 11.0. The van der Waals surface area contributed by atoms with Crippen LogP contribution in [0.1, 0.15) is 44.9 Å². The predicted octanol–water partition coefficient (Wildman–Crippen LogP) is 1.80. The Kier molecular flexibility index (Phi) is 2.81. The molecule has 3 unspecified atom stereocenters. The average molecular weight is 236 g/mol. The van der Waals surface area contributed by atoms with Crippen LogP contribution in [0, 0.1) is 11.8 Å². The summed E-state index contributed by atoms with van der Waals surface area (Å²) < 4.78 is 0. The van der Waals surface area contributed by atoms with Crippen molar-refractivity contribution in [1.29, 1.82) is 0 Å². The molecule has 17 heavy (non-hydrogen) atoms. The zero-order valence-electron chi connectivity index (χ0n) is 10.1. The number of hydrogen-bond acceptors (Lipinski definition) is 3. The fourth-order valence-corrected chi connectivity index (χ4v) is 3.52. The Balaban J connectivity index is 1.65. The van der Waals surface area contributed by atoms with Crippen LogP contribution in [-0.2, 0) is 4.79 Å². The minimum Gasteiger partial charge on any atom is -0.481 e. The smallest absolute Gasteiger partial charge is 0.306 e. The standard InChI is InChI=1S/C13H20N2O2/c16-13(17)9-5-6-10-11(7-9)15-12(14-10)8-3-1-2-4-8/h8-11H,1-7H2,(H,14,15)(H,16,17). The second-order valence-electron chi connectivity index (χ2n) is 5.66. The van der Waals surface area contributed by atoms with Gasteiger partial charge in [0.05, 0.1) is 18.0 Å². The zero-order chi connectivity index (χ0) is 11.8. The predicted molar refractivity (Wildman–Crippen MR) is 65.1 cm³/mol. The molecule has 0 radical (unpaired) electrons. The summed E-state index contributed by atoms with van der Waals surface area (Å²) in [6.45, 7) is 0. The van der Waals surface area contributed by atoms with E-state index in [1.54, 1.807) is 0 Å². The van der Waals surface area contributed by atoms with Crippen molar-refractivity contribution in [3.05, 3.63) is 0 Å². The van der Waals surface area contributed by atoms with Crippen LogP contribution in [0.2, 0.25) is 0 Å². The third-order valence-corrected chi connectivity index (χ3v) is 4.54. The van der Waals surface area contributed by atoms with E-state index in [4.69, 9.17) is 10.1 Å². The molecular formula is C13H20N2O2. The van der Waals surface area contributed by atoms with Crippen molar-refractivity contribution in [2.75, 3.05) is 0 Å². The molecule has 0 spiro atoms. The number of hydrogen-bond donors (Lipinski definition) is 2. The van der Waals surface area contributed by atoms with E-state index in [1.807, 2.05) is 0 Å². The SMILES string of the molecule is O=C(O)C1CCC2N=C(C3CCCC3)NC2C1. The van der Waals surface area contributed by atoms with E-state index in [0.717, 1.165) is 19.3 Å². The van der Waals surface area contributed by atoms with Crippen LogP contribution in [0.5, 0.6) is 0 Å². The number of amidine groups is 1. The molecule has 0 amide bonds. The molecule has 2 N–H and O–H groups in total. The number of rotatable bonds is 2. The summed E-state index contributed by atoms with van der Waals surface area (Å²) in [5.41, 5.74) is 0. The van der Waals surface area contributed by atoms with Gasteiger partial charge in [-0.15, -0.1) is 0 Å². The maximum atomic E-state index is 11.0. The van der Waals surface area contributed by atoms with Gasteiger partial charge >= 0.3 is 5.97 Å². The van der Waals surface area contributed by atoms with Crippen LogP contribution in [0.15, 0.2) is 4.99 Å². The van der Waals surface area contributed by atoms with Crippen LogP contribution >= 0.6 is 0 Å². The lowest BCUT2D eigenvalue weighted by molar-refractivity contribution is -0.143. The molecule has 0 bridgehead atoms. The van der Waals surface area contributed by atoms with Crippen molar-refractivity contribution in [2.45, 2.75) is 57.0 Å². The van der Waals surface area contributed by atoms with Crippen molar-refractivity contribution in [3.8, 4) is 0 Å². The molecule has 1 aliphatic heterocycles. The largest absolute Gasteiger partial charge is 0.481 e. The van der Waals surface area contributed by atoms with E-state index in [-0.39, 0.29) is 5.92 Å². The van der Waals surface area contributed by atoms with Gasteiger partial charge in [0.15, 0.2) is 0 Å². The van der Waals surface area contributed by atoms with Gasteiger partial charge in [0, 0.05) is 5.92 Å². The first-order valence-corrected chi connectivity index (χ1v) is 6.81. The van der Waals surface area contributed by atoms with Crippen LogP contribution in [0.4, 0.5) is 0 Å². The maximum Gasteiger partial charge on any atom is 0.306 e. The number of aliphatic imine (C=N–C) groups is 1. The van der Waals surface area contributed by atoms with E-state index in [0.29, 0.717) is 18.0 Å².